The van der Waals surface area contributed by atoms with Gasteiger partial charge in [0.1, 0.15) is 6.61 Å². The van der Waals surface area contributed by atoms with E-state index in [9.17, 15) is 19.5 Å². The van der Waals surface area contributed by atoms with Gasteiger partial charge in [-0.1, -0.05) is 43.2 Å². The van der Waals surface area contributed by atoms with Crippen LogP contribution in [0.25, 0.3) is 0 Å². The van der Waals surface area contributed by atoms with Gasteiger partial charge in [0, 0.05) is 47.8 Å². The van der Waals surface area contributed by atoms with Crippen molar-refractivity contribution in [2.45, 2.75) is 26.0 Å². The van der Waals surface area contributed by atoms with Crippen molar-refractivity contribution in [1.82, 2.24) is 14.7 Å². The molecule has 0 saturated carbocycles. The molecule has 0 bridgehead atoms. The Balaban J connectivity index is 1.90. The monoisotopic (exact) mass is 590 g/mol. The molecule has 2 heterocycles. The minimum atomic E-state index is -3.18. The minimum Gasteiger partial charge on any atom is -0.444 e. The van der Waals surface area contributed by atoms with Gasteiger partial charge in [-0.25, -0.2) is 14.1 Å². The fourth-order valence-corrected chi connectivity index (χ4v) is 7.47. The molecule has 0 aromatic carbocycles. The van der Waals surface area contributed by atoms with Crippen molar-refractivity contribution in [2.24, 2.45) is 0 Å². The van der Waals surface area contributed by atoms with Crippen LogP contribution in [-0.2, 0) is 20.4 Å². The molecule has 1 N–H and O–H groups in total. The first-order valence-electron chi connectivity index (χ1n) is 9.16. The standard InChI is InChI=1S/C16H25Br2N4O6PS/c1-16(2,19-15(23)27-11-13-3-4-14(30-13)22(24)25)12-28-29(26)20(7-5-17)9-10-21(29)8-6-18/h3-4H,5-12H2,1-2H3,(H,19,23). The van der Waals surface area contributed by atoms with Crippen LogP contribution < -0.4 is 5.32 Å². The fourth-order valence-electron chi connectivity index (χ4n) is 2.77. The Bertz CT molecular complexity index is 778. The Morgan fingerprint density at radius 1 is 1.30 bits per heavy atom. The van der Waals surface area contributed by atoms with E-state index < -0.39 is 24.2 Å². The Morgan fingerprint density at radius 2 is 1.90 bits per heavy atom. The average molecular weight is 592 g/mol. The number of amides is 1. The highest BCUT2D eigenvalue weighted by Gasteiger charge is 2.44. The number of halogens is 2. The number of hydrogen-bond acceptors (Lipinski definition) is 7. The van der Waals surface area contributed by atoms with Crippen molar-refractivity contribution in [3.63, 3.8) is 0 Å². The summed E-state index contributed by atoms with van der Waals surface area (Å²) in [5.74, 6) is 0. The number of rotatable bonds is 11. The molecular weight excluding hydrogens is 567 g/mol. The molecule has 1 aliphatic heterocycles. The SMILES string of the molecule is CC(C)(COP1(=O)N(CCBr)CCN1CCBr)NC(=O)OCc1ccc([N+](=O)[O-])s1. The van der Waals surface area contributed by atoms with Crippen molar-refractivity contribution in [2.75, 3.05) is 43.4 Å². The van der Waals surface area contributed by atoms with Gasteiger partial charge in [0.05, 0.1) is 17.1 Å². The first-order chi connectivity index (χ1) is 14.1. The molecule has 2 rings (SSSR count). The normalized spacial score (nSPS) is 17.2. The van der Waals surface area contributed by atoms with Crippen LogP contribution in [0.15, 0.2) is 12.1 Å². The maximum atomic E-state index is 13.5. The van der Waals surface area contributed by atoms with Gasteiger partial charge in [-0.05, 0) is 19.9 Å². The highest BCUT2D eigenvalue weighted by atomic mass is 79.9. The van der Waals surface area contributed by atoms with E-state index in [1.54, 1.807) is 19.9 Å². The summed E-state index contributed by atoms with van der Waals surface area (Å²) in [7, 11) is -3.18. The molecule has 1 fully saturated rings. The second kappa shape index (κ2) is 11.3. The van der Waals surface area contributed by atoms with Crippen molar-refractivity contribution in [3.8, 4) is 0 Å². The predicted octanol–water partition coefficient (Wildman–Crippen LogP) is 4.19. The molecular formula is C16H25Br2N4O6PS. The van der Waals surface area contributed by atoms with Crippen LogP contribution in [0.1, 0.15) is 18.7 Å². The van der Waals surface area contributed by atoms with Crippen molar-refractivity contribution in [3.05, 3.63) is 27.1 Å². The number of nitro groups is 1. The van der Waals surface area contributed by atoms with Crippen LogP contribution in [0.4, 0.5) is 9.80 Å². The van der Waals surface area contributed by atoms with Gasteiger partial charge in [-0.3, -0.25) is 14.7 Å². The van der Waals surface area contributed by atoms with Crippen LogP contribution in [0.5, 0.6) is 0 Å². The summed E-state index contributed by atoms with van der Waals surface area (Å²) in [5.41, 5.74) is -0.835. The van der Waals surface area contributed by atoms with E-state index >= 15 is 0 Å². The maximum absolute atomic E-state index is 13.5. The molecule has 1 aromatic rings. The number of thiophene rings is 1. The molecule has 170 valence electrons. The van der Waals surface area contributed by atoms with Gasteiger partial charge in [0.15, 0.2) is 0 Å². The number of hydrogen-bond donors (Lipinski definition) is 1. The first-order valence-corrected chi connectivity index (χ1v) is 13.8. The zero-order chi connectivity index (χ0) is 22.4. The highest BCUT2D eigenvalue weighted by molar-refractivity contribution is 9.09. The van der Waals surface area contributed by atoms with Crippen LogP contribution in [-0.4, -0.2) is 69.3 Å². The van der Waals surface area contributed by atoms with Gasteiger partial charge in [0.25, 0.3) is 0 Å². The zero-order valence-corrected chi connectivity index (χ0v) is 21.6. The van der Waals surface area contributed by atoms with Crippen molar-refractivity contribution >= 4 is 62.0 Å². The minimum absolute atomic E-state index is 0.00919. The predicted molar refractivity (Wildman–Crippen MR) is 123 cm³/mol. The average Bonchev–Trinajstić information content (AvgIpc) is 3.26. The van der Waals surface area contributed by atoms with E-state index in [0.717, 1.165) is 11.3 Å². The van der Waals surface area contributed by atoms with E-state index in [1.807, 2.05) is 9.34 Å². The quantitative estimate of drug-likeness (QED) is 0.176. The Morgan fingerprint density at radius 3 is 2.40 bits per heavy atom. The maximum Gasteiger partial charge on any atom is 0.407 e. The molecule has 30 heavy (non-hydrogen) atoms. The Hall–Kier alpha value is -0.560. The topological polar surface area (TPSA) is 114 Å². The molecule has 0 atom stereocenters. The van der Waals surface area contributed by atoms with Gasteiger partial charge >= 0.3 is 18.8 Å². The lowest BCUT2D eigenvalue weighted by molar-refractivity contribution is -0.380. The number of nitrogens with one attached hydrogen (secondary N) is 1. The van der Waals surface area contributed by atoms with Gasteiger partial charge in [0.2, 0.25) is 0 Å². The smallest absolute Gasteiger partial charge is 0.407 e. The van der Waals surface area contributed by atoms with E-state index in [2.05, 4.69) is 37.2 Å². The summed E-state index contributed by atoms with van der Waals surface area (Å²) in [5, 5.41) is 14.8. The van der Waals surface area contributed by atoms with E-state index in [0.29, 0.717) is 41.7 Å². The molecule has 0 spiro atoms. The number of alkyl carbamates (subject to hydrolysis) is 1. The summed E-state index contributed by atoms with van der Waals surface area (Å²) in [6.07, 6.45) is -0.681. The summed E-state index contributed by atoms with van der Waals surface area (Å²) in [6, 6.07) is 2.92. The third kappa shape index (κ3) is 6.98. The van der Waals surface area contributed by atoms with Gasteiger partial charge < -0.3 is 14.6 Å². The van der Waals surface area contributed by atoms with E-state index in [-0.39, 0.29) is 18.2 Å². The summed E-state index contributed by atoms with van der Waals surface area (Å²) >= 11 is 7.72. The molecule has 1 amide bonds. The molecule has 10 nitrogen and oxygen atoms in total. The second-order valence-corrected chi connectivity index (χ2v) is 12.2. The number of carbonyl (C=O) groups is 1. The molecule has 0 aliphatic carbocycles. The van der Waals surface area contributed by atoms with Crippen LogP contribution in [0.2, 0.25) is 0 Å². The molecule has 1 aliphatic rings. The van der Waals surface area contributed by atoms with Crippen LogP contribution in [0.3, 0.4) is 0 Å². The van der Waals surface area contributed by atoms with Gasteiger partial charge in [-0.15, -0.1) is 0 Å². The lowest BCUT2D eigenvalue weighted by atomic mass is 10.1. The highest BCUT2D eigenvalue weighted by Crippen LogP contribution is 2.57. The second-order valence-electron chi connectivity index (χ2n) is 7.13. The lowest BCUT2D eigenvalue weighted by Gasteiger charge is -2.33. The summed E-state index contributed by atoms with van der Waals surface area (Å²) in [6.45, 7) is 5.95. The molecule has 1 aromatic heterocycles. The number of nitrogens with zero attached hydrogens (tertiary/aromatic N) is 3. The molecule has 0 unspecified atom stereocenters. The van der Waals surface area contributed by atoms with Crippen molar-refractivity contribution < 1.29 is 23.5 Å². The number of ether oxygens (including phenoxy) is 1. The number of carbonyl (C=O) groups excluding carboxylic acids is 1. The fraction of sp³-hybridized carbons (Fsp3) is 0.688. The van der Waals surface area contributed by atoms with E-state index in [1.165, 1.54) is 6.07 Å². The number of alkyl halides is 2. The molecule has 0 radical (unpaired) electrons. The zero-order valence-electron chi connectivity index (χ0n) is 16.7. The van der Waals surface area contributed by atoms with Crippen LogP contribution in [0, 0.1) is 10.1 Å². The third-order valence-electron chi connectivity index (χ3n) is 4.22. The Labute approximate surface area is 196 Å². The summed E-state index contributed by atoms with van der Waals surface area (Å²) < 4.78 is 28.3. The van der Waals surface area contributed by atoms with Crippen LogP contribution >= 0.6 is 50.9 Å². The largest absolute Gasteiger partial charge is 0.444 e. The Kier molecular flexibility index (Phi) is 9.72. The van der Waals surface area contributed by atoms with Gasteiger partial charge in [-0.2, -0.15) is 0 Å². The first kappa shape index (κ1) is 25.7. The molecule has 1 saturated heterocycles. The summed E-state index contributed by atoms with van der Waals surface area (Å²) in [4.78, 5) is 23.0. The lowest BCUT2D eigenvalue weighted by Crippen LogP contribution is -2.47. The third-order valence-corrected chi connectivity index (χ3v) is 8.64. The molecule has 14 heteroatoms. The van der Waals surface area contributed by atoms with E-state index in [4.69, 9.17) is 9.26 Å². The van der Waals surface area contributed by atoms with Crippen molar-refractivity contribution in [1.29, 1.82) is 0 Å².